The van der Waals surface area contributed by atoms with E-state index in [1.807, 2.05) is 0 Å². The SMILES string of the molecule is O=C(NCC(F)(F)c1ccc(-c2ccc(F)nc2)cc1F)c1cccnc1C(F)(F)F. The summed E-state index contributed by atoms with van der Waals surface area (Å²) in [5, 5.41) is 1.68. The van der Waals surface area contributed by atoms with Gasteiger partial charge in [-0.1, -0.05) is 6.07 Å². The Morgan fingerprint density at radius 1 is 0.935 bits per heavy atom. The van der Waals surface area contributed by atoms with Crippen molar-refractivity contribution in [2.45, 2.75) is 12.1 Å². The fraction of sp³-hybridized carbons (Fsp3) is 0.150. The fourth-order valence-electron chi connectivity index (χ4n) is 2.73. The summed E-state index contributed by atoms with van der Waals surface area (Å²) in [4.78, 5) is 18.5. The molecule has 0 spiro atoms. The van der Waals surface area contributed by atoms with Crippen LogP contribution in [0.1, 0.15) is 21.6 Å². The van der Waals surface area contributed by atoms with Crippen LogP contribution in [0.5, 0.6) is 0 Å². The van der Waals surface area contributed by atoms with E-state index in [1.165, 1.54) is 6.07 Å². The lowest BCUT2D eigenvalue weighted by Gasteiger charge is -2.19. The summed E-state index contributed by atoms with van der Waals surface area (Å²) >= 11 is 0. The molecule has 0 saturated carbocycles. The van der Waals surface area contributed by atoms with Gasteiger partial charge in [-0.2, -0.15) is 26.3 Å². The minimum absolute atomic E-state index is 0.152. The number of benzene rings is 1. The number of hydrogen-bond acceptors (Lipinski definition) is 3. The fourth-order valence-corrected chi connectivity index (χ4v) is 2.73. The molecule has 0 aliphatic rings. The molecule has 2 aromatic heterocycles. The van der Waals surface area contributed by atoms with Crippen molar-refractivity contribution in [3.8, 4) is 11.1 Å². The molecule has 0 bridgehead atoms. The zero-order valence-corrected chi connectivity index (χ0v) is 15.4. The van der Waals surface area contributed by atoms with Crippen LogP contribution in [0.15, 0.2) is 54.9 Å². The van der Waals surface area contributed by atoms with Gasteiger partial charge in [0.1, 0.15) is 5.82 Å². The third-order valence-electron chi connectivity index (χ3n) is 4.22. The van der Waals surface area contributed by atoms with Crippen LogP contribution in [0, 0.1) is 11.8 Å². The van der Waals surface area contributed by atoms with Crippen molar-refractivity contribution >= 4 is 5.91 Å². The minimum atomic E-state index is -4.96. The van der Waals surface area contributed by atoms with Crippen molar-refractivity contribution in [3.63, 3.8) is 0 Å². The number of rotatable bonds is 5. The van der Waals surface area contributed by atoms with Crippen LogP contribution < -0.4 is 5.32 Å². The van der Waals surface area contributed by atoms with E-state index in [9.17, 15) is 35.5 Å². The van der Waals surface area contributed by atoms with Crippen molar-refractivity contribution in [2.75, 3.05) is 6.54 Å². The van der Waals surface area contributed by atoms with Crippen molar-refractivity contribution in [1.29, 1.82) is 0 Å². The van der Waals surface area contributed by atoms with Gasteiger partial charge in [-0.25, -0.2) is 9.37 Å². The van der Waals surface area contributed by atoms with Gasteiger partial charge in [-0.05, 0) is 42.0 Å². The number of carbonyl (C=O) groups excluding carboxylic acids is 1. The van der Waals surface area contributed by atoms with Crippen LogP contribution in [-0.2, 0) is 12.1 Å². The molecule has 1 amide bonds. The Bertz CT molecular complexity index is 1100. The molecule has 31 heavy (non-hydrogen) atoms. The highest BCUT2D eigenvalue weighted by Gasteiger charge is 2.39. The molecule has 2 heterocycles. The number of hydrogen-bond donors (Lipinski definition) is 1. The monoisotopic (exact) mass is 443 g/mol. The topological polar surface area (TPSA) is 54.9 Å². The molecule has 0 aliphatic carbocycles. The van der Waals surface area contributed by atoms with E-state index in [1.54, 1.807) is 5.32 Å². The van der Waals surface area contributed by atoms with E-state index in [0.29, 0.717) is 0 Å². The molecule has 3 rings (SSSR count). The van der Waals surface area contributed by atoms with Gasteiger partial charge < -0.3 is 5.32 Å². The lowest BCUT2D eigenvalue weighted by molar-refractivity contribution is -0.141. The zero-order chi connectivity index (χ0) is 22.8. The molecule has 0 fully saturated rings. The Morgan fingerprint density at radius 2 is 1.65 bits per heavy atom. The molecular formula is C20H12F7N3O. The van der Waals surface area contributed by atoms with Crippen LogP contribution in [0.3, 0.4) is 0 Å². The maximum Gasteiger partial charge on any atom is 0.434 e. The van der Waals surface area contributed by atoms with Gasteiger partial charge >= 0.3 is 6.18 Å². The molecule has 0 atom stereocenters. The molecule has 0 aliphatic heterocycles. The lowest BCUT2D eigenvalue weighted by Crippen LogP contribution is -2.36. The molecule has 4 nitrogen and oxygen atoms in total. The van der Waals surface area contributed by atoms with Crippen LogP contribution >= 0.6 is 0 Å². The Hall–Kier alpha value is -3.50. The molecule has 0 saturated heterocycles. The van der Waals surface area contributed by atoms with E-state index in [4.69, 9.17) is 0 Å². The van der Waals surface area contributed by atoms with Gasteiger partial charge in [0.15, 0.2) is 5.69 Å². The third-order valence-corrected chi connectivity index (χ3v) is 4.22. The summed E-state index contributed by atoms with van der Waals surface area (Å²) in [5.41, 5.74) is -3.11. The number of nitrogens with one attached hydrogen (secondary N) is 1. The average molecular weight is 443 g/mol. The van der Waals surface area contributed by atoms with Gasteiger partial charge in [-0.3, -0.25) is 9.78 Å². The maximum atomic E-state index is 14.5. The Kier molecular flexibility index (Phi) is 5.96. The second kappa shape index (κ2) is 8.32. The first-order valence-corrected chi connectivity index (χ1v) is 8.59. The van der Waals surface area contributed by atoms with Gasteiger partial charge in [0.25, 0.3) is 11.8 Å². The van der Waals surface area contributed by atoms with Gasteiger partial charge in [0.2, 0.25) is 5.95 Å². The highest BCUT2D eigenvalue weighted by atomic mass is 19.4. The number of halogens is 7. The van der Waals surface area contributed by atoms with Crippen LogP contribution in [0.25, 0.3) is 11.1 Å². The maximum absolute atomic E-state index is 14.5. The average Bonchev–Trinajstić information content (AvgIpc) is 2.71. The predicted molar refractivity (Wildman–Crippen MR) is 95.1 cm³/mol. The van der Waals surface area contributed by atoms with E-state index >= 15 is 0 Å². The van der Waals surface area contributed by atoms with Crippen molar-refractivity contribution in [2.24, 2.45) is 0 Å². The van der Waals surface area contributed by atoms with Crippen molar-refractivity contribution < 1.29 is 35.5 Å². The summed E-state index contributed by atoms with van der Waals surface area (Å²) in [6.07, 6.45) is -3.07. The Balaban J connectivity index is 1.78. The number of pyridine rings is 2. The van der Waals surface area contributed by atoms with Crippen molar-refractivity contribution in [1.82, 2.24) is 15.3 Å². The molecule has 1 N–H and O–H groups in total. The highest BCUT2D eigenvalue weighted by Crippen LogP contribution is 2.33. The summed E-state index contributed by atoms with van der Waals surface area (Å²) in [6.45, 7) is -1.45. The minimum Gasteiger partial charge on any atom is -0.346 e. The first-order chi connectivity index (χ1) is 14.5. The summed E-state index contributed by atoms with van der Waals surface area (Å²) in [7, 11) is 0. The van der Waals surface area contributed by atoms with Crippen LogP contribution in [0.4, 0.5) is 30.7 Å². The predicted octanol–water partition coefficient (Wildman–Crippen LogP) is 4.96. The van der Waals surface area contributed by atoms with Crippen LogP contribution in [-0.4, -0.2) is 22.4 Å². The number of nitrogens with zero attached hydrogens (tertiary/aromatic N) is 2. The number of amides is 1. The summed E-state index contributed by atoms with van der Waals surface area (Å²) in [5.74, 6) is -7.46. The van der Waals surface area contributed by atoms with Crippen LogP contribution in [0.2, 0.25) is 0 Å². The third kappa shape index (κ3) is 4.98. The Labute approximate surface area is 170 Å². The van der Waals surface area contributed by atoms with E-state index in [0.717, 1.165) is 48.8 Å². The molecule has 162 valence electrons. The number of carbonyl (C=O) groups is 1. The molecule has 11 heteroatoms. The summed E-state index contributed by atoms with van der Waals surface area (Å²) < 4.78 is 94.9. The molecule has 3 aromatic rings. The summed E-state index contributed by atoms with van der Waals surface area (Å²) in [6, 6.07) is 6.82. The van der Waals surface area contributed by atoms with Gasteiger partial charge in [0.05, 0.1) is 17.7 Å². The first kappa shape index (κ1) is 22.2. The van der Waals surface area contributed by atoms with E-state index in [-0.39, 0.29) is 11.1 Å². The molecule has 1 aromatic carbocycles. The molecule has 0 radical (unpaired) electrons. The number of alkyl halides is 5. The second-order valence-corrected chi connectivity index (χ2v) is 6.35. The normalized spacial score (nSPS) is 12.0. The smallest absolute Gasteiger partial charge is 0.346 e. The van der Waals surface area contributed by atoms with Gasteiger partial charge in [0, 0.05) is 18.0 Å². The van der Waals surface area contributed by atoms with Gasteiger partial charge in [-0.15, -0.1) is 0 Å². The molecule has 0 unspecified atom stereocenters. The standard InChI is InChI=1S/C20H12F7N3O/c21-15-8-11(12-4-6-16(22)29-9-12)3-5-14(15)19(23,24)10-30-18(31)13-2-1-7-28-17(13)20(25,26)27/h1-9H,10H2,(H,30,31). The second-order valence-electron chi connectivity index (χ2n) is 6.35. The largest absolute Gasteiger partial charge is 0.434 e. The molecular weight excluding hydrogens is 431 g/mol. The highest BCUT2D eigenvalue weighted by molar-refractivity contribution is 5.95. The van der Waals surface area contributed by atoms with E-state index < -0.39 is 53.1 Å². The first-order valence-electron chi connectivity index (χ1n) is 8.59. The quantitative estimate of drug-likeness (QED) is 0.448. The lowest BCUT2D eigenvalue weighted by atomic mass is 10.0. The van der Waals surface area contributed by atoms with Crippen molar-refractivity contribution in [3.05, 3.63) is 83.4 Å². The zero-order valence-electron chi connectivity index (χ0n) is 15.4. The Morgan fingerprint density at radius 3 is 2.26 bits per heavy atom. The van der Waals surface area contributed by atoms with E-state index in [2.05, 4.69) is 9.97 Å². The number of aromatic nitrogens is 2.